The second-order valence-corrected chi connectivity index (χ2v) is 8.94. The summed E-state index contributed by atoms with van der Waals surface area (Å²) in [5, 5.41) is 0.992. The summed E-state index contributed by atoms with van der Waals surface area (Å²) in [6.45, 7) is 0. The van der Waals surface area contributed by atoms with Crippen molar-refractivity contribution >= 4 is 11.0 Å². The first-order chi connectivity index (χ1) is 16.6. The third-order valence-electron chi connectivity index (χ3n) is 6.65. The molecule has 0 saturated heterocycles. The number of hydrogen-bond acceptors (Lipinski definition) is 4. The lowest BCUT2D eigenvalue weighted by Crippen LogP contribution is -2.40. The molecule has 1 aliphatic rings. The maximum Gasteiger partial charge on any atom is 0.151 e. The maximum atomic E-state index is 6.66. The van der Waals surface area contributed by atoms with Crippen LogP contribution in [-0.4, -0.2) is 19.8 Å². The fourth-order valence-electron chi connectivity index (χ4n) is 4.63. The topological polar surface area (TPSA) is 57.6 Å². The average Bonchev–Trinajstić information content (AvgIpc) is 3.26. The third kappa shape index (κ3) is 4.40. The van der Waals surface area contributed by atoms with Crippen LogP contribution >= 0.6 is 0 Å². The molecule has 3 aromatic carbocycles. The van der Waals surface area contributed by atoms with E-state index < -0.39 is 5.54 Å². The van der Waals surface area contributed by atoms with Gasteiger partial charge in [-0.1, -0.05) is 49.3 Å². The van der Waals surface area contributed by atoms with E-state index in [1.54, 1.807) is 14.2 Å². The summed E-state index contributed by atoms with van der Waals surface area (Å²) in [6, 6.07) is 22.2. The molecule has 0 bridgehead atoms. The standard InChI is InChI=1S/C30H29NO3/c1-32-24-11-6-21(7-12-24)23-10-15-28-27(20-23)26(16-19-30(31)17-4-3-5-18-30)29(34-28)22-8-13-25(33-2)14-9-22/h6-15,20H,3-5,17-18,31H2,1-2H3. The summed E-state index contributed by atoms with van der Waals surface area (Å²) in [5.41, 5.74) is 11.1. The van der Waals surface area contributed by atoms with Gasteiger partial charge in [-0.25, -0.2) is 0 Å². The summed E-state index contributed by atoms with van der Waals surface area (Å²) < 4.78 is 17.0. The zero-order valence-corrected chi connectivity index (χ0v) is 19.7. The van der Waals surface area contributed by atoms with E-state index in [4.69, 9.17) is 19.6 Å². The number of rotatable bonds is 4. The number of methoxy groups -OCH3 is 2. The SMILES string of the molecule is COc1ccc(-c2ccc3oc(-c4ccc(OC)cc4)c(C#CC4(N)CCCCC4)c3c2)cc1. The number of furan rings is 1. The molecule has 2 N–H and O–H groups in total. The first-order valence-corrected chi connectivity index (χ1v) is 11.8. The van der Waals surface area contributed by atoms with Gasteiger partial charge in [-0.3, -0.25) is 0 Å². The van der Waals surface area contributed by atoms with Crippen LogP contribution in [0.3, 0.4) is 0 Å². The van der Waals surface area contributed by atoms with Crippen LogP contribution in [0.1, 0.15) is 37.7 Å². The van der Waals surface area contributed by atoms with Crippen LogP contribution in [0.25, 0.3) is 33.4 Å². The highest BCUT2D eigenvalue weighted by Gasteiger charge is 2.25. The van der Waals surface area contributed by atoms with Gasteiger partial charge in [0.05, 0.1) is 25.3 Å². The van der Waals surface area contributed by atoms with Gasteiger partial charge in [-0.2, -0.15) is 0 Å². The molecule has 1 heterocycles. The predicted molar refractivity (Wildman–Crippen MR) is 137 cm³/mol. The van der Waals surface area contributed by atoms with Crippen molar-refractivity contribution in [1.82, 2.24) is 0 Å². The molecule has 4 aromatic rings. The average molecular weight is 452 g/mol. The second-order valence-electron chi connectivity index (χ2n) is 8.94. The van der Waals surface area contributed by atoms with Gasteiger partial charge >= 0.3 is 0 Å². The highest BCUT2D eigenvalue weighted by atomic mass is 16.5. The van der Waals surface area contributed by atoms with Crippen LogP contribution in [0.15, 0.2) is 71.1 Å². The van der Waals surface area contributed by atoms with E-state index >= 15 is 0 Å². The molecule has 4 heteroatoms. The summed E-state index contributed by atoms with van der Waals surface area (Å²) in [4.78, 5) is 0. The van der Waals surface area contributed by atoms with Crippen LogP contribution in [0.2, 0.25) is 0 Å². The smallest absolute Gasteiger partial charge is 0.151 e. The largest absolute Gasteiger partial charge is 0.497 e. The van der Waals surface area contributed by atoms with Crippen LogP contribution in [0.5, 0.6) is 11.5 Å². The Labute approximate surface area is 200 Å². The Morgan fingerprint density at radius 1 is 0.765 bits per heavy atom. The lowest BCUT2D eigenvalue weighted by molar-refractivity contribution is 0.370. The summed E-state index contributed by atoms with van der Waals surface area (Å²) in [5.74, 6) is 9.28. The maximum absolute atomic E-state index is 6.66. The Kier molecular flexibility index (Phi) is 6.04. The molecule has 0 unspecified atom stereocenters. The third-order valence-corrected chi connectivity index (χ3v) is 6.65. The van der Waals surface area contributed by atoms with E-state index in [2.05, 4.69) is 36.1 Å². The highest BCUT2D eigenvalue weighted by Crippen LogP contribution is 2.37. The number of hydrogen-bond donors (Lipinski definition) is 1. The predicted octanol–water partition coefficient (Wildman–Crippen LogP) is 6.80. The fourth-order valence-corrected chi connectivity index (χ4v) is 4.63. The zero-order chi connectivity index (χ0) is 23.5. The van der Waals surface area contributed by atoms with Gasteiger partial charge in [0.15, 0.2) is 5.76 Å². The Morgan fingerprint density at radius 3 is 1.97 bits per heavy atom. The van der Waals surface area contributed by atoms with Crippen LogP contribution in [0, 0.1) is 11.8 Å². The van der Waals surface area contributed by atoms with Crippen molar-refractivity contribution in [1.29, 1.82) is 0 Å². The minimum Gasteiger partial charge on any atom is -0.497 e. The van der Waals surface area contributed by atoms with Crippen LogP contribution in [0.4, 0.5) is 0 Å². The molecule has 4 nitrogen and oxygen atoms in total. The van der Waals surface area contributed by atoms with Crippen molar-refractivity contribution in [3.63, 3.8) is 0 Å². The highest BCUT2D eigenvalue weighted by molar-refractivity contribution is 5.94. The molecule has 0 atom stereocenters. The van der Waals surface area contributed by atoms with E-state index in [1.807, 2.05) is 42.5 Å². The van der Waals surface area contributed by atoms with Crippen molar-refractivity contribution in [2.75, 3.05) is 14.2 Å². The molecule has 0 spiro atoms. The molecular formula is C30H29NO3. The van der Waals surface area contributed by atoms with E-state index in [0.717, 1.165) is 76.2 Å². The minimum atomic E-state index is -0.438. The Bertz CT molecular complexity index is 1350. The first kappa shape index (κ1) is 22.1. The number of ether oxygens (including phenoxy) is 2. The van der Waals surface area contributed by atoms with Crippen LogP contribution < -0.4 is 15.2 Å². The molecule has 5 rings (SSSR count). The molecule has 0 aliphatic heterocycles. The first-order valence-electron chi connectivity index (χ1n) is 11.8. The second kappa shape index (κ2) is 9.29. The lowest BCUT2D eigenvalue weighted by Gasteiger charge is -2.27. The van der Waals surface area contributed by atoms with Gasteiger partial charge < -0.3 is 19.6 Å². The van der Waals surface area contributed by atoms with Gasteiger partial charge in [-0.05, 0) is 72.5 Å². The van der Waals surface area contributed by atoms with Crippen molar-refractivity contribution in [3.05, 3.63) is 72.3 Å². The summed E-state index contributed by atoms with van der Waals surface area (Å²) >= 11 is 0. The Morgan fingerprint density at radius 2 is 1.35 bits per heavy atom. The summed E-state index contributed by atoms with van der Waals surface area (Å²) in [6.07, 6.45) is 5.36. The number of benzene rings is 3. The van der Waals surface area contributed by atoms with E-state index in [0.29, 0.717) is 0 Å². The monoisotopic (exact) mass is 451 g/mol. The normalized spacial score (nSPS) is 14.9. The van der Waals surface area contributed by atoms with E-state index in [-0.39, 0.29) is 0 Å². The van der Waals surface area contributed by atoms with Crippen molar-refractivity contribution in [3.8, 4) is 45.8 Å². The summed E-state index contributed by atoms with van der Waals surface area (Å²) in [7, 11) is 3.34. The zero-order valence-electron chi connectivity index (χ0n) is 19.7. The molecular weight excluding hydrogens is 422 g/mol. The number of fused-ring (bicyclic) bond motifs is 1. The lowest BCUT2D eigenvalue weighted by atomic mass is 9.83. The Balaban J connectivity index is 1.64. The van der Waals surface area contributed by atoms with Crippen LogP contribution in [-0.2, 0) is 0 Å². The van der Waals surface area contributed by atoms with Gasteiger partial charge in [0, 0.05) is 10.9 Å². The van der Waals surface area contributed by atoms with Gasteiger partial charge in [-0.15, -0.1) is 0 Å². The molecule has 172 valence electrons. The van der Waals surface area contributed by atoms with Gasteiger partial charge in [0.1, 0.15) is 17.1 Å². The van der Waals surface area contributed by atoms with Crippen molar-refractivity contribution < 1.29 is 13.9 Å². The molecule has 1 saturated carbocycles. The molecule has 1 aliphatic carbocycles. The number of nitrogens with two attached hydrogens (primary N) is 1. The van der Waals surface area contributed by atoms with Crippen molar-refractivity contribution in [2.45, 2.75) is 37.6 Å². The molecule has 1 aromatic heterocycles. The van der Waals surface area contributed by atoms with Gasteiger partial charge in [0.25, 0.3) is 0 Å². The van der Waals surface area contributed by atoms with Gasteiger partial charge in [0.2, 0.25) is 0 Å². The molecule has 34 heavy (non-hydrogen) atoms. The molecule has 0 radical (unpaired) electrons. The minimum absolute atomic E-state index is 0.438. The van der Waals surface area contributed by atoms with Crippen molar-refractivity contribution in [2.24, 2.45) is 5.73 Å². The quantitative estimate of drug-likeness (QED) is 0.347. The van der Waals surface area contributed by atoms with E-state index in [1.165, 1.54) is 6.42 Å². The fraction of sp³-hybridized carbons (Fsp3) is 0.267. The van der Waals surface area contributed by atoms with E-state index in [9.17, 15) is 0 Å². The molecule has 0 amide bonds. The molecule has 1 fully saturated rings. The Hall–Kier alpha value is -3.68.